The number of nitrogens with one attached hydrogen (secondary N) is 2. The number of aryl methyl sites for hydroxylation is 1. The van der Waals surface area contributed by atoms with Crippen LogP contribution in [0.3, 0.4) is 0 Å². The van der Waals surface area contributed by atoms with Crippen LogP contribution < -0.4 is 10.6 Å². The second kappa shape index (κ2) is 7.42. The van der Waals surface area contributed by atoms with Crippen molar-refractivity contribution in [1.29, 1.82) is 0 Å². The molecular formula is C20H19N3O. The third kappa shape index (κ3) is 3.98. The van der Waals surface area contributed by atoms with Crippen molar-refractivity contribution >= 4 is 17.3 Å². The van der Waals surface area contributed by atoms with Crippen molar-refractivity contribution in [2.45, 2.75) is 13.5 Å². The summed E-state index contributed by atoms with van der Waals surface area (Å²) in [5.74, 6) is -0.163. The minimum atomic E-state index is -0.163. The van der Waals surface area contributed by atoms with E-state index in [1.807, 2.05) is 36.4 Å². The molecular weight excluding hydrogens is 298 g/mol. The summed E-state index contributed by atoms with van der Waals surface area (Å²) in [6.45, 7) is 2.88. The van der Waals surface area contributed by atoms with Gasteiger partial charge in [0, 0.05) is 30.3 Å². The lowest BCUT2D eigenvalue weighted by Gasteiger charge is -2.10. The van der Waals surface area contributed by atoms with Crippen LogP contribution in [0.25, 0.3) is 0 Å². The summed E-state index contributed by atoms with van der Waals surface area (Å²) in [5.41, 5.74) is 4.85. The van der Waals surface area contributed by atoms with Crippen LogP contribution in [0.1, 0.15) is 21.5 Å². The van der Waals surface area contributed by atoms with Crippen LogP contribution in [0, 0.1) is 6.92 Å². The summed E-state index contributed by atoms with van der Waals surface area (Å²) in [6.07, 6.45) is 3.19. The van der Waals surface area contributed by atoms with Crippen LogP contribution in [0.2, 0.25) is 0 Å². The molecule has 2 aromatic carbocycles. The average molecular weight is 317 g/mol. The standard InChI is InChI=1S/C20H19N3O/c1-15-5-2-3-6-16(15)14-22-18-8-10-19(11-9-18)23-20(24)17-7-4-12-21-13-17/h2-13,22H,14H2,1H3,(H,23,24). The number of nitrogens with zero attached hydrogens (tertiary/aromatic N) is 1. The Morgan fingerprint density at radius 2 is 1.71 bits per heavy atom. The molecule has 3 rings (SSSR count). The van der Waals surface area contributed by atoms with E-state index >= 15 is 0 Å². The minimum absolute atomic E-state index is 0.163. The highest BCUT2D eigenvalue weighted by molar-refractivity contribution is 6.04. The lowest BCUT2D eigenvalue weighted by Crippen LogP contribution is -2.12. The number of anilines is 2. The van der Waals surface area contributed by atoms with E-state index in [-0.39, 0.29) is 5.91 Å². The first kappa shape index (κ1) is 15.7. The van der Waals surface area contributed by atoms with Gasteiger partial charge in [-0.15, -0.1) is 0 Å². The smallest absolute Gasteiger partial charge is 0.257 e. The fraction of sp³-hybridized carbons (Fsp3) is 0.100. The van der Waals surface area contributed by atoms with Crippen LogP contribution in [-0.2, 0) is 6.54 Å². The van der Waals surface area contributed by atoms with E-state index in [1.54, 1.807) is 24.5 Å². The number of rotatable bonds is 5. The molecule has 24 heavy (non-hydrogen) atoms. The molecule has 120 valence electrons. The first-order valence-corrected chi connectivity index (χ1v) is 7.82. The molecule has 0 aliphatic heterocycles. The maximum atomic E-state index is 12.1. The molecule has 0 spiro atoms. The van der Waals surface area contributed by atoms with E-state index in [0.717, 1.165) is 17.9 Å². The maximum absolute atomic E-state index is 12.1. The number of carbonyl (C=O) groups excluding carboxylic acids is 1. The topological polar surface area (TPSA) is 54.0 Å². The van der Waals surface area contributed by atoms with Crippen LogP contribution >= 0.6 is 0 Å². The van der Waals surface area contributed by atoms with Crippen LogP contribution in [0.5, 0.6) is 0 Å². The van der Waals surface area contributed by atoms with Gasteiger partial charge in [0.1, 0.15) is 0 Å². The summed E-state index contributed by atoms with van der Waals surface area (Å²) >= 11 is 0. The second-order valence-corrected chi connectivity index (χ2v) is 5.55. The van der Waals surface area contributed by atoms with E-state index < -0.39 is 0 Å². The molecule has 1 aromatic heterocycles. The third-order valence-electron chi connectivity index (χ3n) is 3.81. The lowest BCUT2D eigenvalue weighted by atomic mass is 10.1. The van der Waals surface area contributed by atoms with Gasteiger partial charge in [-0.2, -0.15) is 0 Å². The van der Waals surface area contributed by atoms with Crippen molar-refractivity contribution in [3.8, 4) is 0 Å². The Balaban J connectivity index is 1.59. The van der Waals surface area contributed by atoms with Crippen molar-refractivity contribution in [2.24, 2.45) is 0 Å². The summed E-state index contributed by atoms with van der Waals surface area (Å²) in [5, 5.41) is 6.25. The molecule has 4 nitrogen and oxygen atoms in total. The average Bonchev–Trinajstić information content (AvgIpc) is 2.63. The van der Waals surface area contributed by atoms with Gasteiger partial charge in [-0.25, -0.2) is 0 Å². The van der Waals surface area contributed by atoms with Crippen molar-refractivity contribution in [3.63, 3.8) is 0 Å². The second-order valence-electron chi connectivity index (χ2n) is 5.55. The van der Waals surface area contributed by atoms with Crippen LogP contribution in [0.4, 0.5) is 11.4 Å². The molecule has 4 heteroatoms. The highest BCUT2D eigenvalue weighted by atomic mass is 16.1. The SMILES string of the molecule is Cc1ccccc1CNc1ccc(NC(=O)c2cccnc2)cc1. The number of carbonyl (C=O) groups is 1. The molecule has 0 bridgehead atoms. The number of hydrogen-bond donors (Lipinski definition) is 2. The van der Waals surface area contributed by atoms with Crippen molar-refractivity contribution < 1.29 is 4.79 Å². The lowest BCUT2D eigenvalue weighted by molar-refractivity contribution is 0.102. The Kier molecular flexibility index (Phi) is 4.87. The van der Waals surface area contributed by atoms with Crippen LogP contribution in [0.15, 0.2) is 73.1 Å². The Labute approximate surface area is 141 Å². The summed E-state index contributed by atoms with van der Waals surface area (Å²) < 4.78 is 0. The van der Waals surface area contributed by atoms with Gasteiger partial charge in [-0.1, -0.05) is 24.3 Å². The summed E-state index contributed by atoms with van der Waals surface area (Å²) in [4.78, 5) is 16.0. The highest BCUT2D eigenvalue weighted by Gasteiger charge is 2.05. The number of pyridine rings is 1. The summed E-state index contributed by atoms with van der Waals surface area (Å²) in [6, 6.07) is 19.5. The van der Waals surface area contributed by atoms with Gasteiger partial charge in [-0.05, 0) is 54.4 Å². The predicted molar refractivity (Wildman–Crippen MR) is 97.1 cm³/mol. The zero-order valence-corrected chi connectivity index (χ0v) is 13.5. The Hall–Kier alpha value is -3.14. The molecule has 0 atom stereocenters. The Morgan fingerprint density at radius 3 is 2.42 bits per heavy atom. The molecule has 3 aromatic rings. The molecule has 1 heterocycles. The normalized spacial score (nSPS) is 10.2. The van der Waals surface area contributed by atoms with Gasteiger partial charge < -0.3 is 10.6 Å². The Morgan fingerprint density at radius 1 is 0.958 bits per heavy atom. The minimum Gasteiger partial charge on any atom is -0.381 e. The number of amides is 1. The van der Waals surface area contributed by atoms with Gasteiger partial charge in [0.15, 0.2) is 0 Å². The zero-order valence-electron chi connectivity index (χ0n) is 13.5. The van der Waals surface area contributed by atoms with Gasteiger partial charge in [0.2, 0.25) is 0 Å². The van der Waals surface area contributed by atoms with E-state index in [1.165, 1.54) is 11.1 Å². The number of hydrogen-bond acceptors (Lipinski definition) is 3. The molecule has 0 radical (unpaired) electrons. The first-order valence-electron chi connectivity index (χ1n) is 7.82. The molecule has 0 aliphatic carbocycles. The van der Waals surface area contributed by atoms with Crippen molar-refractivity contribution in [1.82, 2.24) is 4.98 Å². The summed E-state index contributed by atoms with van der Waals surface area (Å²) in [7, 11) is 0. The zero-order chi connectivity index (χ0) is 16.8. The van der Waals surface area contributed by atoms with Crippen LogP contribution in [-0.4, -0.2) is 10.9 Å². The highest BCUT2D eigenvalue weighted by Crippen LogP contribution is 2.16. The van der Waals surface area contributed by atoms with Gasteiger partial charge in [0.05, 0.1) is 5.56 Å². The number of benzene rings is 2. The maximum Gasteiger partial charge on any atom is 0.257 e. The molecule has 0 unspecified atom stereocenters. The monoisotopic (exact) mass is 317 g/mol. The van der Waals surface area contributed by atoms with E-state index in [2.05, 4.69) is 34.7 Å². The quantitative estimate of drug-likeness (QED) is 0.739. The van der Waals surface area contributed by atoms with E-state index in [9.17, 15) is 4.79 Å². The van der Waals surface area contributed by atoms with Crippen molar-refractivity contribution in [2.75, 3.05) is 10.6 Å². The van der Waals surface area contributed by atoms with E-state index in [4.69, 9.17) is 0 Å². The molecule has 1 amide bonds. The molecule has 0 saturated heterocycles. The van der Waals surface area contributed by atoms with Gasteiger partial charge >= 0.3 is 0 Å². The van der Waals surface area contributed by atoms with Gasteiger partial charge in [-0.3, -0.25) is 9.78 Å². The van der Waals surface area contributed by atoms with E-state index in [0.29, 0.717) is 5.56 Å². The fourth-order valence-corrected chi connectivity index (χ4v) is 2.38. The van der Waals surface area contributed by atoms with Crippen molar-refractivity contribution in [3.05, 3.63) is 89.7 Å². The molecule has 0 aliphatic rings. The number of aromatic nitrogens is 1. The molecule has 2 N–H and O–H groups in total. The fourth-order valence-electron chi connectivity index (χ4n) is 2.38. The molecule has 0 saturated carbocycles. The third-order valence-corrected chi connectivity index (χ3v) is 3.81. The van der Waals surface area contributed by atoms with Gasteiger partial charge in [0.25, 0.3) is 5.91 Å². The first-order chi connectivity index (χ1) is 11.7. The Bertz CT molecular complexity index is 814. The predicted octanol–water partition coefficient (Wildman–Crippen LogP) is 4.25. The largest absolute Gasteiger partial charge is 0.381 e. The molecule has 0 fully saturated rings.